The number of rotatable bonds is 4. The third-order valence-electron chi connectivity index (χ3n) is 3.53. The van der Waals surface area contributed by atoms with E-state index >= 15 is 0 Å². The Hall–Kier alpha value is -2.92. The summed E-state index contributed by atoms with van der Waals surface area (Å²) in [6, 6.07) is 9.25. The van der Waals surface area contributed by atoms with Gasteiger partial charge in [-0.2, -0.15) is 10.5 Å². The summed E-state index contributed by atoms with van der Waals surface area (Å²) in [5, 5.41) is 18.4. The van der Waals surface area contributed by atoms with Gasteiger partial charge in [0.15, 0.2) is 5.88 Å². The summed E-state index contributed by atoms with van der Waals surface area (Å²) in [5.74, 6) is 1.87. The van der Waals surface area contributed by atoms with Crippen molar-refractivity contribution in [2.24, 2.45) is 0 Å². The Bertz CT molecular complexity index is 700. The van der Waals surface area contributed by atoms with Gasteiger partial charge in [-0.25, -0.2) is 0 Å². The highest BCUT2D eigenvalue weighted by molar-refractivity contribution is 5.86. The summed E-state index contributed by atoms with van der Waals surface area (Å²) in [6.07, 6.45) is 1.75. The number of hydrogen-bond donors (Lipinski definition) is 0. The summed E-state index contributed by atoms with van der Waals surface area (Å²) in [6.45, 7) is 5.58. The summed E-state index contributed by atoms with van der Waals surface area (Å²) in [4.78, 5) is 2.02. The van der Waals surface area contributed by atoms with E-state index in [-0.39, 0.29) is 5.57 Å². The lowest BCUT2D eigenvalue weighted by Crippen LogP contribution is -2.27. The first-order valence-electron chi connectivity index (χ1n) is 7.05. The molecule has 0 atom stereocenters. The SMILES string of the molecule is CCN(CC)C1=CC(=C(C#N)C#N)c2ccc(OC)cc2O1. The lowest BCUT2D eigenvalue weighted by Gasteiger charge is -2.28. The number of benzene rings is 1. The highest BCUT2D eigenvalue weighted by Gasteiger charge is 2.23. The molecule has 22 heavy (non-hydrogen) atoms. The molecule has 1 aromatic rings. The van der Waals surface area contributed by atoms with Gasteiger partial charge in [0, 0.05) is 36.4 Å². The molecular formula is C17H17N3O2. The molecule has 0 fully saturated rings. The fourth-order valence-electron chi connectivity index (χ4n) is 2.32. The van der Waals surface area contributed by atoms with Crippen LogP contribution >= 0.6 is 0 Å². The number of methoxy groups -OCH3 is 1. The molecule has 0 aliphatic carbocycles. The van der Waals surface area contributed by atoms with Crippen LogP contribution in [0.25, 0.3) is 5.57 Å². The Morgan fingerprint density at radius 3 is 2.45 bits per heavy atom. The molecule has 0 spiro atoms. The van der Waals surface area contributed by atoms with E-state index < -0.39 is 0 Å². The van der Waals surface area contributed by atoms with E-state index in [2.05, 4.69) is 0 Å². The molecule has 2 rings (SSSR count). The van der Waals surface area contributed by atoms with Gasteiger partial charge in [-0.15, -0.1) is 0 Å². The molecule has 1 aliphatic rings. The van der Waals surface area contributed by atoms with E-state index in [1.165, 1.54) is 0 Å². The van der Waals surface area contributed by atoms with E-state index in [0.29, 0.717) is 23.0 Å². The third kappa shape index (κ3) is 2.75. The predicted octanol–water partition coefficient (Wildman–Crippen LogP) is 3.07. The van der Waals surface area contributed by atoms with Gasteiger partial charge in [-0.3, -0.25) is 0 Å². The maximum absolute atomic E-state index is 9.21. The minimum atomic E-state index is 0.0689. The zero-order chi connectivity index (χ0) is 16.1. The van der Waals surface area contributed by atoms with E-state index in [1.54, 1.807) is 31.4 Å². The Kier molecular flexibility index (Phi) is 4.70. The number of ether oxygens (including phenoxy) is 2. The van der Waals surface area contributed by atoms with E-state index in [9.17, 15) is 10.5 Å². The van der Waals surface area contributed by atoms with Crippen molar-refractivity contribution in [2.75, 3.05) is 20.2 Å². The molecule has 5 heteroatoms. The molecule has 0 amide bonds. The van der Waals surface area contributed by atoms with E-state index in [0.717, 1.165) is 18.7 Å². The lowest BCUT2D eigenvalue weighted by molar-refractivity contribution is 0.228. The Labute approximate surface area is 130 Å². The van der Waals surface area contributed by atoms with Crippen molar-refractivity contribution in [3.63, 3.8) is 0 Å². The van der Waals surface area contributed by atoms with Crippen LogP contribution in [-0.2, 0) is 0 Å². The maximum Gasteiger partial charge on any atom is 0.196 e. The molecule has 0 saturated carbocycles. The topological polar surface area (TPSA) is 69.3 Å². The first-order chi connectivity index (χ1) is 10.7. The third-order valence-corrected chi connectivity index (χ3v) is 3.53. The largest absolute Gasteiger partial charge is 0.497 e. The second-order valence-corrected chi connectivity index (χ2v) is 4.63. The number of fused-ring (bicyclic) bond motifs is 1. The van der Waals surface area contributed by atoms with Gasteiger partial charge < -0.3 is 14.4 Å². The summed E-state index contributed by atoms with van der Waals surface area (Å²) < 4.78 is 11.2. The zero-order valence-corrected chi connectivity index (χ0v) is 12.9. The molecule has 0 saturated heterocycles. The number of nitrogens with zero attached hydrogens (tertiary/aromatic N) is 3. The summed E-state index contributed by atoms with van der Waals surface area (Å²) >= 11 is 0. The first-order valence-corrected chi connectivity index (χ1v) is 7.05. The van der Waals surface area contributed by atoms with Crippen LogP contribution < -0.4 is 9.47 Å². The number of nitriles is 2. The molecule has 0 radical (unpaired) electrons. The molecule has 0 aromatic heterocycles. The van der Waals surface area contributed by atoms with Crippen molar-refractivity contribution in [3.8, 4) is 23.6 Å². The average Bonchev–Trinajstić information content (AvgIpc) is 2.56. The van der Waals surface area contributed by atoms with Crippen LogP contribution in [0.1, 0.15) is 19.4 Å². The molecule has 1 aliphatic heterocycles. The summed E-state index contributed by atoms with van der Waals surface area (Å²) in [7, 11) is 1.58. The van der Waals surface area contributed by atoms with Gasteiger partial charge in [0.25, 0.3) is 0 Å². The highest BCUT2D eigenvalue weighted by atomic mass is 16.5. The average molecular weight is 295 g/mol. The van der Waals surface area contributed by atoms with Gasteiger partial charge in [0.2, 0.25) is 0 Å². The van der Waals surface area contributed by atoms with Gasteiger partial charge in [0.05, 0.1) is 7.11 Å². The molecule has 112 valence electrons. The minimum Gasteiger partial charge on any atom is -0.497 e. The van der Waals surface area contributed by atoms with Crippen molar-refractivity contribution in [1.82, 2.24) is 4.90 Å². The summed E-state index contributed by atoms with van der Waals surface area (Å²) in [5.41, 5.74) is 1.37. The second kappa shape index (κ2) is 6.69. The Morgan fingerprint density at radius 1 is 1.23 bits per heavy atom. The monoisotopic (exact) mass is 295 g/mol. The Morgan fingerprint density at radius 2 is 1.91 bits per heavy atom. The van der Waals surface area contributed by atoms with Crippen LogP contribution in [0.15, 0.2) is 35.7 Å². The van der Waals surface area contributed by atoms with Crippen LogP contribution in [0.2, 0.25) is 0 Å². The van der Waals surface area contributed by atoms with Gasteiger partial charge in [-0.1, -0.05) is 0 Å². The van der Waals surface area contributed by atoms with Gasteiger partial charge in [-0.05, 0) is 26.0 Å². The van der Waals surface area contributed by atoms with Crippen LogP contribution in [0.3, 0.4) is 0 Å². The van der Waals surface area contributed by atoms with E-state index in [1.807, 2.05) is 30.9 Å². The van der Waals surface area contributed by atoms with Gasteiger partial charge in [0.1, 0.15) is 29.2 Å². The van der Waals surface area contributed by atoms with Gasteiger partial charge >= 0.3 is 0 Å². The maximum atomic E-state index is 9.21. The highest BCUT2D eigenvalue weighted by Crippen LogP contribution is 2.38. The predicted molar refractivity (Wildman–Crippen MR) is 82.8 cm³/mol. The van der Waals surface area contributed by atoms with Crippen molar-refractivity contribution in [1.29, 1.82) is 10.5 Å². The zero-order valence-electron chi connectivity index (χ0n) is 12.9. The smallest absolute Gasteiger partial charge is 0.196 e. The Balaban J connectivity index is 2.64. The fraction of sp³-hybridized carbons (Fsp3) is 0.294. The van der Waals surface area contributed by atoms with Crippen LogP contribution in [0.5, 0.6) is 11.5 Å². The second-order valence-electron chi connectivity index (χ2n) is 4.63. The molecule has 1 aromatic carbocycles. The molecule has 5 nitrogen and oxygen atoms in total. The van der Waals surface area contributed by atoms with Crippen molar-refractivity contribution in [2.45, 2.75) is 13.8 Å². The molecular weight excluding hydrogens is 278 g/mol. The fourth-order valence-corrected chi connectivity index (χ4v) is 2.32. The minimum absolute atomic E-state index is 0.0689. The molecule has 1 heterocycles. The number of hydrogen-bond acceptors (Lipinski definition) is 5. The first kappa shape index (κ1) is 15.5. The molecule has 0 N–H and O–H groups in total. The van der Waals surface area contributed by atoms with Crippen molar-refractivity contribution >= 4 is 5.57 Å². The number of allylic oxidation sites excluding steroid dienone is 3. The van der Waals surface area contributed by atoms with Crippen LogP contribution in [0.4, 0.5) is 0 Å². The van der Waals surface area contributed by atoms with Crippen molar-refractivity contribution in [3.05, 3.63) is 41.3 Å². The van der Waals surface area contributed by atoms with Crippen LogP contribution in [0, 0.1) is 22.7 Å². The molecule has 0 bridgehead atoms. The standard InChI is InChI=1S/C17H17N3O2/c1-4-20(5-2)17-9-15(12(10-18)11-19)14-7-6-13(21-3)8-16(14)22-17/h6-9H,4-5H2,1-3H3. The lowest BCUT2D eigenvalue weighted by atomic mass is 9.98. The van der Waals surface area contributed by atoms with Crippen LogP contribution in [-0.4, -0.2) is 25.1 Å². The van der Waals surface area contributed by atoms with Crippen molar-refractivity contribution < 1.29 is 9.47 Å². The quantitative estimate of drug-likeness (QED) is 0.798. The normalized spacial score (nSPS) is 12.2. The van der Waals surface area contributed by atoms with E-state index in [4.69, 9.17) is 9.47 Å². The molecule has 0 unspecified atom stereocenters.